The Labute approximate surface area is 157 Å². The van der Waals surface area contributed by atoms with Crippen molar-refractivity contribution in [1.82, 2.24) is 10.6 Å². The maximum absolute atomic E-state index is 11.2. The molecule has 1 aromatic carbocycles. The van der Waals surface area contributed by atoms with Crippen molar-refractivity contribution >= 4 is 15.8 Å². The highest BCUT2D eigenvalue weighted by Gasteiger charge is 2.09. The highest BCUT2D eigenvalue weighted by Crippen LogP contribution is 2.11. The minimum absolute atomic E-state index is 0.0299. The van der Waals surface area contributed by atoms with Gasteiger partial charge in [-0.2, -0.15) is 0 Å². The monoisotopic (exact) mass is 385 g/mol. The number of sulfone groups is 1. The van der Waals surface area contributed by atoms with Gasteiger partial charge in [0.1, 0.15) is 15.6 Å². The zero-order valence-corrected chi connectivity index (χ0v) is 16.9. The molecule has 2 N–H and O–H groups in total. The molecule has 0 radical (unpaired) electrons. The number of hydrogen-bond donors (Lipinski definition) is 2. The average molecular weight is 386 g/mol. The Morgan fingerprint density at radius 3 is 2.54 bits per heavy atom. The molecule has 0 aliphatic rings. The van der Waals surface area contributed by atoms with Crippen LogP contribution in [0.15, 0.2) is 29.3 Å². The molecule has 0 amide bonds. The molecule has 0 saturated carbocycles. The minimum Gasteiger partial charge on any atom is -0.497 e. The fourth-order valence-corrected chi connectivity index (χ4v) is 2.97. The third-order valence-corrected chi connectivity index (χ3v) is 4.69. The van der Waals surface area contributed by atoms with Gasteiger partial charge in [0, 0.05) is 32.5 Å². The van der Waals surface area contributed by atoms with Gasteiger partial charge in [0.15, 0.2) is 5.96 Å². The summed E-state index contributed by atoms with van der Waals surface area (Å²) in [5, 5.41) is 6.39. The van der Waals surface area contributed by atoms with Gasteiger partial charge in [0.2, 0.25) is 0 Å². The molecule has 1 atom stereocenters. The maximum atomic E-state index is 11.2. The minimum atomic E-state index is -2.94. The van der Waals surface area contributed by atoms with Gasteiger partial charge in [0.25, 0.3) is 0 Å². The summed E-state index contributed by atoms with van der Waals surface area (Å²) in [5.74, 6) is 1.67. The standard InChI is InChI=1S/C18H31N3O4S/c1-15(10-13-26(4,22)23)21-18(19-2)20-11-5-12-25-14-16-6-8-17(24-3)9-7-16/h6-9,15H,5,10-14H2,1-4H3,(H2,19,20,21). The highest BCUT2D eigenvalue weighted by molar-refractivity contribution is 7.90. The van der Waals surface area contributed by atoms with Gasteiger partial charge in [-0.05, 0) is 37.5 Å². The normalized spacial score (nSPS) is 13.3. The quantitative estimate of drug-likeness (QED) is 0.342. The van der Waals surface area contributed by atoms with Crippen molar-refractivity contribution in [2.75, 3.05) is 39.3 Å². The van der Waals surface area contributed by atoms with Crippen molar-refractivity contribution in [2.24, 2.45) is 4.99 Å². The average Bonchev–Trinajstić information content (AvgIpc) is 2.61. The third kappa shape index (κ3) is 10.2. The van der Waals surface area contributed by atoms with Gasteiger partial charge >= 0.3 is 0 Å². The van der Waals surface area contributed by atoms with Gasteiger partial charge in [-0.1, -0.05) is 12.1 Å². The molecule has 7 nitrogen and oxygen atoms in total. The topological polar surface area (TPSA) is 89.0 Å². The molecule has 1 unspecified atom stereocenters. The van der Waals surface area contributed by atoms with E-state index in [-0.39, 0.29) is 11.8 Å². The predicted octanol–water partition coefficient (Wildman–Crippen LogP) is 1.59. The van der Waals surface area contributed by atoms with E-state index in [4.69, 9.17) is 9.47 Å². The Morgan fingerprint density at radius 2 is 1.96 bits per heavy atom. The number of benzene rings is 1. The molecule has 0 saturated heterocycles. The third-order valence-electron chi connectivity index (χ3n) is 3.71. The zero-order valence-electron chi connectivity index (χ0n) is 16.1. The first-order valence-electron chi connectivity index (χ1n) is 8.69. The fraction of sp³-hybridized carbons (Fsp3) is 0.611. The van der Waals surface area contributed by atoms with E-state index in [1.54, 1.807) is 14.2 Å². The number of aliphatic imine (C=N–C) groups is 1. The maximum Gasteiger partial charge on any atom is 0.191 e. The van der Waals surface area contributed by atoms with Crippen LogP contribution in [0.3, 0.4) is 0 Å². The van der Waals surface area contributed by atoms with Crippen LogP contribution < -0.4 is 15.4 Å². The number of methoxy groups -OCH3 is 1. The molecule has 26 heavy (non-hydrogen) atoms. The lowest BCUT2D eigenvalue weighted by molar-refractivity contribution is 0.119. The first kappa shape index (κ1) is 22.2. The number of hydrogen-bond acceptors (Lipinski definition) is 5. The lowest BCUT2D eigenvalue weighted by Gasteiger charge is -2.17. The summed E-state index contributed by atoms with van der Waals surface area (Å²) in [5.41, 5.74) is 1.11. The van der Waals surface area contributed by atoms with Crippen LogP contribution >= 0.6 is 0 Å². The lowest BCUT2D eigenvalue weighted by Crippen LogP contribution is -2.43. The number of rotatable bonds is 11. The summed E-state index contributed by atoms with van der Waals surface area (Å²) >= 11 is 0. The van der Waals surface area contributed by atoms with E-state index in [9.17, 15) is 8.42 Å². The summed E-state index contributed by atoms with van der Waals surface area (Å²) in [6, 6.07) is 7.84. The molecule has 0 aliphatic heterocycles. The molecule has 0 bridgehead atoms. The Kier molecular flexibility index (Phi) is 10.0. The van der Waals surface area contributed by atoms with Crippen molar-refractivity contribution in [1.29, 1.82) is 0 Å². The van der Waals surface area contributed by atoms with Crippen molar-refractivity contribution in [3.8, 4) is 5.75 Å². The van der Waals surface area contributed by atoms with Crippen molar-refractivity contribution in [2.45, 2.75) is 32.4 Å². The van der Waals surface area contributed by atoms with Crippen LogP contribution in [0.2, 0.25) is 0 Å². The largest absolute Gasteiger partial charge is 0.497 e. The number of ether oxygens (including phenoxy) is 2. The van der Waals surface area contributed by atoms with Crippen LogP contribution in [0.4, 0.5) is 0 Å². The molecule has 8 heteroatoms. The Morgan fingerprint density at radius 1 is 1.27 bits per heavy atom. The SMILES string of the molecule is CN=C(NCCCOCc1ccc(OC)cc1)NC(C)CCS(C)(=O)=O. The van der Waals surface area contributed by atoms with E-state index in [2.05, 4.69) is 15.6 Å². The molecule has 1 aromatic rings. The van der Waals surface area contributed by atoms with E-state index < -0.39 is 9.84 Å². The van der Waals surface area contributed by atoms with E-state index in [0.29, 0.717) is 25.6 Å². The van der Waals surface area contributed by atoms with Crippen molar-refractivity contribution in [3.63, 3.8) is 0 Å². The number of nitrogens with zero attached hydrogens (tertiary/aromatic N) is 1. The molecular weight excluding hydrogens is 354 g/mol. The van der Waals surface area contributed by atoms with E-state index >= 15 is 0 Å². The summed E-state index contributed by atoms with van der Waals surface area (Å²) < 4.78 is 33.2. The Hall–Kier alpha value is -1.80. The van der Waals surface area contributed by atoms with E-state index in [0.717, 1.165) is 24.3 Å². The van der Waals surface area contributed by atoms with Gasteiger partial charge in [-0.25, -0.2) is 8.42 Å². The van der Waals surface area contributed by atoms with Crippen LogP contribution in [0.1, 0.15) is 25.3 Å². The predicted molar refractivity (Wildman–Crippen MR) is 106 cm³/mol. The van der Waals surface area contributed by atoms with Gasteiger partial charge in [-0.15, -0.1) is 0 Å². The second-order valence-electron chi connectivity index (χ2n) is 6.22. The second kappa shape index (κ2) is 11.7. The Balaban J connectivity index is 2.16. The number of guanidine groups is 1. The Bertz CT molecular complexity index is 645. The summed E-state index contributed by atoms with van der Waals surface area (Å²) in [4.78, 5) is 4.15. The summed E-state index contributed by atoms with van der Waals surface area (Å²) in [7, 11) is 0.400. The molecule has 0 spiro atoms. The van der Waals surface area contributed by atoms with E-state index in [1.807, 2.05) is 31.2 Å². The fourth-order valence-electron chi connectivity index (χ4n) is 2.18. The van der Waals surface area contributed by atoms with Gasteiger partial charge in [0.05, 0.1) is 19.5 Å². The smallest absolute Gasteiger partial charge is 0.191 e. The van der Waals surface area contributed by atoms with Gasteiger partial charge in [-0.3, -0.25) is 4.99 Å². The molecule has 0 heterocycles. The molecule has 0 aromatic heterocycles. The van der Waals surface area contributed by atoms with Crippen molar-refractivity contribution in [3.05, 3.63) is 29.8 Å². The van der Waals surface area contributed by atoms with Gasteiger partial charge < -0.3 is 20.1 Å². The first-order chi connectivity index (χ1) is 12.3. The molecule has 148 valence electrons. The lowest BCUT2D eigenvalue weighted by atomic mass is 10.2. The highest BCUT2D eigenvalue weighted by atomic mass is 32.2. The van der Waals surface area contributed by atoms with E-state index in [1.165, 1.54) is 6.26 Å². The second-order valence-corrected chi connectivity index (χ2v) is 8.48. The summed E-state index contributed by atoms with van der Waals surface area (Å²) in [6.45, 7) is 3.87. The van der Waals surface area contributed by atoms with Crippen molar-refractivity contribution < 1.29 is 17.9 Å². The number of nitrogens with one attached hydrogen (secondary N) is 2. The van der Waals surface area contributed by atoms with Crippen LogP contribution in [-0.4, -0.2) is 59.7 Å². The zero-order chi connectivity index (χ0) is 19.4. The molecule has 0 aliphatic carbocycles. The molecule has 1 rings (SSSR count). The van der Waals surface area contributed by atoms with Crippen LogP contribution in [-0.2, 0) is 21.2 Å². The van der Waals surface area contributed by atoms with Crippen LogP contribution in [0.25, 0.3) is 0 Å². The van der Waals surface area contributed by atoms with Crippen LogP contribution in [0, 0.1) is 0 Å². The first-order valence-corrected chi connectivity index (χ1v) is 10.8. The molecule has 0 fully saturated rings. The summed E-state index contributed by atoms with van der Waals surface area (Å²) in [6.07, 6.45) is 2.64. The molecular formula is C18H31N3O4S. The van der Waals surface area contributed by atoms with Crippen LogP contribution in [0.5, 0.6) is 5.75 Å².